The molecule has 0 saturated heterocycles. The molecule has 0 atom stereocenters. The van der Waals surface area contributed by atoms with Crippen molar-refractivity contribution in [3.05, 3.63) is 76.4 Å². The number of hydrogen-bond acceptors (Lipinski definition) is 4. The average molecular weight is 348 g/mol. The number of carbonyl (C=O) groups is 2. The summed E-state index contributed by atoms with van der Waals surface area (Å²) in [5.74, 6) is 4.15. The molecular weight excluding hydrogens is 328 g/mol. The molecule has 0 radical (unpaired) electrons. The normalized spacial score (nSPS) is 10.5. The number of benzene rings is 2. The lowest BCUT2D eigenvalue weighted by molar-refractivity contribution is -0.135. The van der Waals surface area contributed by atoms with Gasteiger partial charge in [-0.3, -0.25) is 0 Å². The summed E-state index contributed by atoms with van der Waals surface area (Å²) in [7, 11) is 2.63. The van der Waals surface area contributed by atoms with Gasteiger partial charge in [0.2, 0.25) is 0 Å². The van der Waals surface area contributed by atoms with Gasteiger partial charge in [0, 0.05) is 17.6 Å². The molecule has 0 unspecified atom stereocenters. The molecule has 2 aromatic rings. The van der Waals surface area contributed by atoms with Gasteiger partial charge in [0.25, 0.3) is 0 Å². The molecule has 0 bridgehead atoms. The van der Waals surface area contributed by atoms with E-state index in [0.717, 1.165) is 27.8 Å². The summed E-state index contributed by atoms with van der Waals surface area (Å²) < 4.78 is 9.34. The second-order valence-corrected chi connectivity index (χ2v) is 5.72. The second kappa shape index (κ2) is 8.68. The van der Waals surface area contributed by atoms with Gasteiger partial charge in [0.1, 0.15) is 0 Å². The Kier molecular flexibility index (Phi) is 6.35. The molecule has 0 amide bonds. The van der Waals surface area contributed by atoms with Crippen LogP contribution in [-0.2, 0) is 19.1 Å². The highest BCUT2D eigenvalue weighted by molar-refractivity contribution is 5.97. The quantitative estimate of drug-likeness (QED) is 0.484. The standard InChI is InChI=1S/C22H20O4/c1-15-5-10-18(11-6-15)20(14-22(24)26-4)19-13-17(8-7-16(19)2)9-12-21(23)25-3/h5-8,10-11,13-14H,1-4H3/b20-14+. The largest absolute Gasteiger partial charge is 0.466 e. The van der Waals surface area contributed by atoms with Crippen molar-refractivity contribution in [2.75, 3.05) is 14.2 Å². The predicted molar refractivity (Wildman–Crippen MR) is 100 cm³/mol. The summed E-state index contributed by atoms with van der Waals surface area (Å²) in [4.78, 5) is 23.1. The Morgan fingerprint density at radius 2 is 1.65 bits per heavy atom. The molecule has 26 heavy (non-hydrogen) atoms. The summed E-state index contributed by atoms with van der Waals surface area (Å²) in [6.45, 7) is 3.95. The fraction of sp³-hybridized carbons (Fsp3) is 0.182. The topological polar surface area (TPSA) is 52.6 Å². The van der Waals surface area contributed by atoms with E-state index < -0.39 is 11.9 Å². The van der Waals surface area contributed by atoms with E-state index in [-0.39, 0.29) is 0 Å². The van der Waals surface area contributed by atoms with Crippen molar-refractivity contribution in [3.8, 4) is 11.8 Å². The van der Waals surface area contributed by atoms with E-state index in [0.29, 0.717) is 5.56 Å². The minimum atomic E-state index is -0.601. The van der Waals surface area contributed by atoms with Crippen molar-refractivity contribution in [2.24, 2.45) is 0 Å². The van der Waals surface area contributed by atoms with Gasteiger partial charge in [-0.15, -0.1) is 0 Å². The lowest BCUT2D eigenvalue weighted by atomic mass is 9.92. The van der Waals surface area contributed by atoms with Crippen molar-refractivity contribution < 1.29 is 19.1 Å². The molecule has 0 aromatic heterocycles. The Morgan fingerprint density at radius 3 is 2.27 bits per heavy atom. The second-order valence-electron chi connectivity index (χ2n) is 5.72. The highest BCUT2D eigenvalue weighted by atomic mass is 16.5. The molecule has 0 fully saturated rings. The lowest BCUT2D eigenvalue weighted by Crippen LogP contribution is -2.00. The number of aryl methyl sites for hydroxylation is 2. The zero-order valence-electron chi connectivity index (χ0n) is 15.3. The molecule has 0 N–H and O–H groups in total. The molecule has 2 rings (SSSR count). The first-order valence-corrected chi connectivity index (χ1v) is 8.02. The zero-order valence-corrected chi connectivity index (χ0v) is 15.3. The molecule has 132 valence electrons. The van der Waals surface area contributed by atoms with Gasteiger partial charge in [-0.25, -0.2) is 9.59 Å². The lowest BCUT2D eigenvalue weighted by Gasteiger charge is -2.12. The maximum atomic E-state index is 11.9. The minimum absolute atomic E-state index is 0.439. The molecule has 0 saturated carbocycles. The first-order valence-electron chi connectivity index (χ1n) is 8.02. The number of hydrogen-bond donors (Lipinski definition) is 0. The van der Waals surface area contributed by atoms with Crippen LogP contribution in [0.5, 0.6) is 0 Å². The molecular formula is C22H20O4. The molecule has 0 aliphatic carbocycles. The molecule has 4 heteroatoms. The summed E-state index contributed by atoms with van der Waals surface area (Å²) in [6.07, 6.45) is 1.46. The molecule has 0 spiro atoms. The third-order valence-electron chi connectivity index (χ3n) is 3.85. The van der Waals surface area contributed by atoms with E-state index >= 15 is 0 Å². The monoisotopic (exact) mass is 348 g/mol. The van der Waals surface area contributed by atoms with Crippen LogP contribution in [0.2, 0.25) is 0 Å². The van der Waals surface area contributed by atoms with Gasteiger partial charge in [-0.05, 0) is 48.2 Å². The molecule has 0 aliphatic heterocycles. The van der Waals surface area contributed by atoms with Crippen molar-refractivity contribution in [1.29, 1.82) is 0 Å². The summed E-state index contributed by atoms with van der Waals surface area (Å²) in [5, 5.41) is 0. The Morgan fingerprint density at radius 1 is 0.962 bits per heavy atom. The van der Waals surface area contributed by atoms with Crippen LogP contribution in [0.15, 0.2) is 48.5 Å². The zero-order chi connectivity index (χ0) is 19.1. The number of esters is 2. The average Bonchev–Trinajstić information content (AvgIpc) is 2.66. The Hall–Kier alpha value is -3.32. The van der Waals surface area contributed by atoms with E-state index in [9.17, 15) is 9.59 Å². The van der Waals surface area contributed by atoms with Gasteiger partial charge in [-0.2, -0.15) is 0 Å². The van der Waals surface area contributed by atoms with Crippen LogP contribution >= 0.6 is 0 Å². The predicted octanol–water partition coefficient (Wildman–Crippen LogP) is 3.43. The smallest absolute Gasteiger partial charge is 0.384 e. The van der Waals surface area contributed by atoms with Crippen LogP contribution in [0, 0.1) is 25.7 Å². The van der Waals surface area contributed by atoms with E-state index in [1.165, 1.54) is 20.3 Å². The van der Waals surface area contributed by atoms with Crippen LogP contribution in [0.1, 0.15) is 27.8 Å². The third kappa shape index (κ3) is 4.84. The fourth-order valence-corrected chi connectivity index (χ4v) is 2.39. The van der Waals surface area contributed by atoms with E-state index in [4.69, 9.17) is 4.74 Å². The molecule has 4 nitrogen and oxygen atoms in total. The summed E-state index contributed by atoms with van der Waals surface area (Å²) in [5.41, 5.74) is 5.22. The fourth-order valence-electron chi connectivity index (χ4n) is 2.39. The van der Waals surface area contributed by atoms with Gasteiger partial charge in [-0.1, -0.05) is 41.8 Å². The molecule has 2 aromatic carbocycles. The van der Waals surface area contributed by atoms with Crippen LogP contribution in [0.3, 0.4) is 0 Å². The van der Waals surface area contributed by atoms with E-state index in [1.807, 2.05) is 56.3 Å². The van der Waals surface area contributed by atoms with Crippen molar-refractivity contribution in [2.45, 2.75) is 13.8 Å². The van der Waals surface area contributed by atoms with Gasteiger partial charge < -0.3 is 9.47 Å². The highest BCUT2D eigenvalue weighted by Crippen LogP contribution is 2.27. The number of methoxy groups -OCH3 is 2. The summed E-state index contributed by atoms with van der Waals surface area (Å²) in [6, 6.07) is 13.4. The maximum Gasteiger partial charge on any atom is 0.384 e. The van der Waals surface area contributed by atoms with Crippen LogP contribution < -0.4 is 0 Å². The Bertz CT molecular complexity index is 909. The number of rotatable bonds is 3. The van der Waals surface area contributed by atoms with Crippen LogP contribution in [0.4, 0.5) is 0 Å². The third-order valence-corrected chi connectivity index (χ3v) is 3.85. The van der Waals surface area contributed by atoms with E-state index in [1.54, 1.807) is 0 Å². The highest BCUT2D eigenvalue weighted by Gasteiger charge is 2.11. The first kappa shape index (κ1) is 19.0. The van der Waals surface area contributed by atoms with E-state index in [2.05, 4.69) is 16.6 Å². The maximum absolute atomic E-state index is 11.9. The van der Waals surface area contributed by atoms with Gasteiger partial charge >= 0.3 is 11.9 Å². The Labute approximate surface area is 153 Å². The molecule has 0 heterocycles. The van der Waals surface area contributed by atoms with Gasteiger partial charge in [0.15, 0.2) is 0 Å². The van der Waals surface area contributed by atoms with Crippen LogP contribution in [-0.4, -0.2) is 26.2 Å². The van der Waals surface area contributed by atoms with Crippen molar-refractivity contribution in [1.82, 2.24) is 0 Å². The SMILES string of the molecule is COC(=O)C#Cc1ccc(C)c(/C(=C/C(=O)OC)c2ccc(C)cc2)c1. The number of carbonyl (C=O) groups excluding carboxylic acids is 2. The minimum Gasteiger partial charge on any atom is -0.466 e. The summed E-state index contributed by atoms with van der Waals surface area (Å²) >= 11 is 0. The van der Waals surface area contributed by atoms with Crippen molar-refractivity contribution in [3.63, 3.8) is 0 Å². The van der Waals surface area contributed by atoms with Crippen LogP contribution in [0.25, 0.3) is 5.57 Å². The Balaban J connectivity index is 2.58. The molecule has 0 aliphatic rings. The van der Waals surface area contributed by atoms with Crippen molar-refractivity contribution >= 4 is 17.5 Å². The first-order chi connectivity index (χ1) is 12.4. The van der Waals surface area contributed by atoms with Gasteiger partial charge in [0.05, 0.1) is 14.2 Å². The number of ether oxygens (including phenoxy) is 2.